The second kappa shape index (κ2) is 6.09. The van der Waals surface area contributed by atoms with Crippen LogP contribution in [0.4, 0.5) is 4.79 Å². The maximum absolute atomic E-state index is 13.0. The predicted octanol–water partition coefficient (Wildman–Crippen LogP) is 2.84. The van der Waals surface area contributed by atoms with E-state index in [9.17, 15) is 9.59 Å². The quantitative estimate of drug-likeness (QED) is 0.912. The number of nitrogens with zero attached hydrogens (tertiary/aromatic N) is 2. The summed E-state index contributed by atoms with van der Waals surface area (Å²) in [5.41, 5.74) is 1.07. The molecular formula is C18H21N3O2S. The minimum Gasteiger partial charge on any atom is -0.336 e. The van der Waals surface area contributed by atoms with Gasteiger partial charge in [-0.15, -0.1) is 11.3 Å². The van der Waals surface area contributed by atoms with Crippen LogP contribution in [0.5, 0.6) is 0 Å². The SMILES string of the molecule is Cc1c(C(=O)N2CCC[C@H](N3CCNC3=O)C2)sc2ccccc12. The highest BCUT2D eigenvalue weighted by molar-refractivity contribution is 7.21. The van der Waals surface area contributed by atoms with Crippen LogP contribution in [0.15, 0.2) is 24.3 Å². The van der Waals surface area contributed by atoms with Gasteiger partial charge in [0.2, 0.25) is 0 Å². The Hall–Kier alpha value is -2.08. The lowest BCUT2D eigenvalue weighted by molar-refractivity contribution is 0.0638. The number of likely N-dealkylation sites (tertiary alicyclic amines) is 1. The van der Waals surface area contributed by atoms with Crippen molar-refractivity contribution in [1.82, 2.24) is 15.1 Å². The van der Waals surface area contributed by atoms with Crippen molar-refractivity contribution in [3.8, 4) is 0 Å². The van der Waals surface area contributed by atoms with Gasteiger partial charge in [0.05, 0.1) is 10.9 Å². The maximum Gasteiger partial charge on any atom is 0.317 e. The van der Waals surface area contributed by atoms with Crippen LogP contribution in [0.2, 0.25) is 0 Å². The highest BCUT2D eigenvalue weighted by Crippen LogP contribution is 2.32. The summed E-state index contributed by atoms with van der Waals surface area (Å²) in [6.45, 7) is 4.89. The lowest BCUT2D eigenvalue weighted by atomic mass is 10.0. The molecule has 24 heavy (non-hydrogen) atoms. The van der Waals surface area contributed by atoms with E-state index in [0.717, 1.165) is 41.1 Å². The molecule has 1 N–H and O–H groups in total. The molecule has 3 amide bonds. The Morgan fingerprint density at radius 3 is 2.88 bits per heavy atom. The van der Waals surface area contributed by atoms with Gasteiger partial charge in [-0.2, -0.15) is 0 Å². The van der Waals surface area contributed by atoms with Gasteiger partial charge in [-0.25, -0.2) is 4.79 Å². The zero-order valence-electron chi connectivity index (χ0n) is 13.7. The summed E-state index contributed by atoms with van der Waals surface area (Å²) < 4.78 is 1.16. The van der Waals surface area contributed by atoms with Crippen molar-refractivity contribution < 1.29 is 9.59 Å². The van der Waals surface area contributed by atoms with Crippen LogP contribution in [-0.4, -0.2) is 54.0 Å². The Balaban J connectivity index is 1.57. The van der Waals surface area contributed by atoms with Gasteiger partial charge in [-0.05, 0) is 36.8 Å². The van der Waals surface area contributed by atoms with Crippen molar-refractivity contribution in [2.75, 3.05) is 26.2 Å². The number of rotatable bonds is 2. The fraction of sp³-hybridized carbons (Fsp3) is 0.444. The van der Waals surface area contributed by atoms with E-state index < -0.39 is 0 Å². The molecule has 0 saturated carbocycles. The molecule has 4 rings (SSSR count). The molecule has 0 unspecified atom stereocenters. The molecule has 2 fully saturated rings. The van der Waals surface area contributed by atoms with Gasteiger partial charge in [-0.3, -0.25) is 4.79 Å². The normalized spacial score (nSPS) is 21.4. The van der Waals surface area contributed by atoms with Crippen LogP contribution in [-0.2, 0) is 0 Å². The average molecular weight is 343 g/mol. The number of carbonyl (C=O) groups is 2. The van der Waals surface area contributed by atoms with Crippen molar-refractivity contribution >= 4 is 33.4 Å². The first-order valence-electron chi connectivity index (χ1n) is 8.47. The van der Waals surface area contributed by atoms with E-state index >= 15 is 0 Å². The Kier molecular flexibility index (Phi) is 3.92. The number of hydrogen-bond acceptors (Lipinski definition) is 3. The first-order valence-corrected chi connectivity index (χ1v) is 9.28. The third kappa shape index (κ3) is 2.55. The summed E-state index contributed by atoms with van der Waals surface area (Å²) in [5.74, 6) is 0.109. The number of thiophene rings is 1. The van der Waals surface area contributed by atoms with Crippen molar-refractivity contribution in [2.24, 2.45) is 0 Å². The summed E-state index contributed by atoms with van der Waals surface area (Å²) in [7, 11) is 0. The summed E-state index contributed by atoms with van der Waals surface area (Å²) in [4.78, 5) is 29.6. The standard InChI is InChI=1S/C18H21N3O2S/c1-12-14-6-2-3-7-15(14)24-16(12)17(22)20-9-4-5-13(11-20)21-10-8-19-18(21)23/h2-3,6-7,13H,4-5,8-11H2,1H3,(H,19,23)/t13-/m0/s1. The van der Waals surface area contributed by atoms with Crippen LogP contribution >= 0.6 is 11.3 Å². The molecule has 0 radical (unpaired) electrons. The molecule has 3 heterocycles. The zero-order chi connectivity index (χ0) is 16.7. The van der Waals surface area contributed by atoms with Crippen molar-refractivity contribution in [3.63, 3.8) is 0 Å². The fourth-order valence-corrected chi connectivity index (χ4v) is 4.93. The molecular weight excluding hydrogens is 322 g/mol. The molecule has 6 heteroatoms. The molecule has 2 aliphatic heterocycles. The van der Waals surface area contributed by atoms with Crippen LogP contribution in [0.3, 0.4) is 0 Å². The molecule has 1 atom stereocenters. The summed E-state index contributed by atoms with van der Waals surface area (Å²) in [5, 5.41) is 4.02. The first-order chi connectivity index (χ1) is 11.6. The molecule has 1 aromatic carbocycles. The second-order valence-corrected chi connectivity index (χ2v) is 7.58. The molecule has 2 aromatic rings. The smallest absolute Gasteiger partial charge is 0.317 e. The maximum atomic E-state index is 13.0. The largest absolute Gasteiger partial charge is 0.336 e. The first kappa shape index (κ1) is 15.4. The molecule has 0 bridgehead atoms. The molecule has 0 spiro atoms. The number of benzene rings is 1. The number of carbonyl (C=O) groups excluding carboxylic acids is 2. The van der Waals surface area contributed by atoms with E-state index in [1.807, 2.05) is 28.9 Å². The summed E-state index contributed by atoms with van der Waals surface area (Å²) in [6.07, 6.45) is 1.92. The second-order valence-electron chi connectivity index (χ2n) is 6.52. The van der Waals surface area contributed by atoms with Gasteiger partial charge in [-0.1, -0.05) is 18.2 Å². The van der Waals surface area contributed by atoms with Crippen LogP contribution in [0, 0.1) is 6.92 Å². The van der Waals surface area contributed by atoms with Gasteiger partial charge in [0, 0.05) is 30.9 Å². The topological polar surface area (TPSA) is 52.7 Å². The number of aryl methyl sites for hydroxylation is 1. The van der Waals surface area contributed by atoms with Gasteiger partial charge in [0.25, 0.3) is 5.91 Å². The third-order valence-electron chi connectivity index (χ3n) is 5.05. The Morgan fingerprint density at radius 1 is 1.29 bits per heavy atom. The Labute approximate surface area is 145 Å². The Morgan fingerprint density at radius 2 is 2.12 bits per heavy atom. The van der Waals surface area contributed by atoms with E-state index in [0.29, 0.717) is 13.1 Å². The summed E-state index contributed by atoms with van der Waals surface area (Å²) in [6, 6.07) is 8.31. The number of nitrogens with one attached hydrogen (secondary N) is 1. The molecule has 2 saturated heterocycles. The third-order valence-corrected chi connectivity index (χ3v) is 6.31. The fourth-order valence-electron chi connectivity index (χ4n) is 3.75. The van der Waals surface area contributed by atoms with Crippen LogP contribution in [0.1, 0.15) is 28.1 Å². The van der Waals surface area contributed by atoms with E-state index in [-0.39, 0.29) is 18.0 Å². The molecule has 5 nitrogen and oxygen atoms in total. The molecule has 2 aliphatic rings. The molecule has 0 aliphatic carbocycles. The van der Waals surface area contributed by atoms with Gasteiger partial charge < -0.3 is 15.1 Å². The molecule has 1 aromatic heterocycles. The average Bonchev–Trinajstić information content (AvgIpc) is 3.18. The molecule has 126 valence electrons. The van der Waals surface area contributed by atoms with Gasteiger partial charge in [0.1, 0.15) is 0 Å². The Bertz CT molecular complexity index is 801. The van der Waals surface area contributed by atoms with Crippen molar-refractivity contribution in [3.05, 3.63) is 34.7 Å². The van der Waals surface area contributed by atoms with Gasteiger partial charge in [0.15, 0.2) is 0 Å². The highest BCUT2D eigenvalue weighted by atomic mass is 32.1. The van der Waals surface area contributed by atoms with E-state index in [2.05, 4.69) is 17.4 Å². The van der Waals surface area contributed by atoms with E-state index in [4.69, 9.17) is 0 Å². The van der Waals surface area contributed by atoms with Crippen molar-refractivity contribution in [2.45, 2.75) is 25.8 Å². The highest BCUT2D eigenvalue weighted by Gasteiger charge is 2.33. The zero-order valence-corrected chi connectivity index (χ0v) is 14.6. The summed E-state index contributed by atoms with van der Waals surface area (Å²) >= 11 is 1.58. The number of hydrogen-bond donors (Lipinski definition) is 1. The van der Waals surface area contributed by atoms with Crippen LogP contribution in [0.25, 0.3) is 10.1 Å². The van der Waals surface area contributed by atoms with Gasteiger partial charge >= 0.3 is 6.03 Å². The lowest BCUT2D eigenvalue weighted by Crippen LogP contribution is -2.50. The van der Waals surface area contributed by atoms with Crippen LogP contribution < -0.4 is 5.32 Å². The van der Waals surface area contributed by atoms with E-state index in [1.54, 1.807) is 11.3 Å². The number of fused-ring (bicyclic) bond motifs is 1. The number of amides is 3. The predicted molar refractivity (Wildman–Crippen MR) is 95.6 cm³/mol. The van der Waals surface area contributed by atoms with E-state index in [1.165, 1.54) is 5.39 Å². The monoisotopic (exact) mass is 343 g/mol. The minimum atomic E-state index is 0.00680. The lowest BCUT2D eigenvalue weighted by Gasteiger charge is -2.37. The van der Waals surface area contributed by atoms with Crippen molar-refractivity contribution in [1.29, 1.82) is 0 Å². The minimum absolute atomic E-state index is 0.00680. The number of piperidine rings is 1. The number of urea groups is 1.